The van der Waals surface area contributed by atoms with Gasteiger partial charge in [-0.2, -0.15) is 0 Å². The summed E-state index contributed by atoms with van der Waals surface area (Å²) in [5, 5.41) is 19.1. The maximum absolute atomic E-state index is 11.8. The molecule has 0 aromatic carbocycles. The molecule has 1 aromatic heterocycles. The van der Waals surface area contributed by atoms with Crippen LogP contribution in [0.15, 0.2) is 24.4 Å². The molecule has 1 aromatic rings. The van der Waals surface area contributed by atoms with Crippen LogP contribution in [0.25, 0.3) is 0 Å². The number of esters is 1. The summed E-state index contributed by atoms with van der Waals surface area (Å²) in [5.74, 6) is 3.47. The molecule has 0 bridgehead atoms. The molecule has 3 N–H and O–H groups in total. The Bertz CT molecular complexity index is 990. The Kier molecular flexibility index (Phi) is 10.1. The van der Waals surface area contributed by atoms with E-state index in [9.17, 15) is 9.90 Å². The van der Waals surface area contributed by atoms with Gasteiger partial charge in [0.1, 0.15) is 0 Å². The van der Waals surface area contributed by atoms with Crippen LogP contribution < -0.4 is 10.6 Å². The number of nitrogens with zero attached hydrogens (tertiary/aromatic N) is 1. The van der Waals surface area contributed by atoms with Gasteiger partial charge in [0.15, 0.2) is 0 Å². The van der Waals surface area contributed by atoms with Crippen LogP contribution in [0.1, 0.15) is 104 Å². The number of aliphatic hydroxyl groups excluding tert-OH is 1. The molecular weight excluding hydrogens is 510 g/mol. The van der Waals surface area contributed by atoms with Crippen molar-refractivity contribution < 1.29 is 14.6 Å². The summed E-state index contributed by atoms with van der Waals surface area (Å²) in [7, 11) is 1.49. The summed E-state index contributed by atoms with van der Waals surface area (Å²) in [6.07, 6.45) is 15.4. The number of nitrogens with one attached hydrogen (secondary N) is 2. The number of methoxy groups -OCH3 is 1. The third-order valence-electron chi connectivity index (χ3n) is 12.7. The quantitative estimate of drug-likeness (QED) is 0.208. The number of rotatable bonds is 12. The van der Waals surface area contributed by atoms with Gasteiger partial charge in [0.2, 0.25) is 0 Å². The highest BCUT2D eigenvalue weighted by atomic mass is 16.5. The predicted molar refractivity (Wildman–Crippen MR) is 164 cm³/mol. The number of carbonyl (C=O) groups is 1. The molecule has 5 rings (SSSR count). The van der Waals surface area contributed by atoms with Gasteiger partial charge in [-0.15, -0.1) is 0 Å². The van der Waals surface area contributed by atoms with Gasteiger partial charge in [-0.3, -0.25) is 9.78 Å². The van der Waals surface area contributed by atoms with Gasteiger partial charge in [-0.05, 0) is 142 Å². The number of unbranched alkanes of at least 4 members (excludes halogenated alkanes) is 1. The summed E-state index contributed by atoms with van der Waals surface area (Å²) in [4.78, 5) is 16.2. The molecule has 6 nitrogen and oxygen atoms in total. The van der Waals surface area contributed by atoms with Gasteiger partial charge in [-0.1, -0.05) is 26.8 Å². The van der Waals surface area contributed by atoms with Crippen molar-refractivity contribution in [2.75, 3.05) is 20.2 Å². The van der Waals surface area contributed by atoms with Crippen LogP contribution >= 0.6 is 0 Å². The predicted octanol–water partition coefficient (Wildman–Crippen LogP) is 6.13. The number of hydrogen-bond donors (Lipinski definition) is 3. The molecule has 4 aliphatic carbocycles. The van der Waals surface area contributed by atoms with Crippen molar-refractivity contribution in [1.29, 1.82) is 0 Å². The molecule has 1 heterocycles. The van der Waals surface area contributed by atoms with Crippen molar-refractivity contribution in [3.8, 4) is 0 Å². The van der Waals surface area contributed by atoms with Crippen LogP contribution in [0.5, 0.6) is 0 Å². The molecule has 4 fully saturated rings. The molecule has 0 aliphatic heterocycles. The highest BCUT2D eigenvalue weighted by molar-refractivity contribution is 5.69. The van der Waals surface area contributed by atoms with Crippen molar-refractivity contribution in [2.24, 2.45) is 46.3 Å². The summed E-state index contributed by atoms with van der Waals surface area (Å²) in [5.41, 5.74) is 1.77. The normalized spacial score (nSPS) is 38.9. The molecule has 0 saturated heterocycles. The zero-order chi connectivity index (χ0) is 29.0. The average molecular weight is 568 g/mol. The van der Waals surface area contributed by atoms with Crippen LogP contribution in [0.3, 0.4) is 0 Å². The fourth-order valence-corrected chi connectivity index (χ4v) is 10.4. The van der Waals surface area contributed by atoms with E-state index in [0.717, 1.165) is 38.2 Å². The lowest BCUT2D eigenvalue weighted by atomic mass is 9.43. The molecule has 230 valence electrons. The SMILES string of the molecule is COC(=O)CCC(C)[C@H]1CCC2C3C(CC[C@@]21C)[C@@]1(C)CC[C@H](NCCCCNCc2ccccn2)C[C@H]1C[C@H]3O. The van der Waals surface area contributed by atoms with E-state index in [2.05, 4.69) is 42.5 Å². The van der Waals surface area contributed by atoms with E-state index >= 15 is 0 Å². The Balaban J connectivity index is 1.10. The largest absolute Gasteiger partial charge is 0.469 e. The van der Waals surface area contributed by atoms with Crippen molar-refractivity contribution >= 4 is 5.97 Å². The van der Waals surface area contributed by atoms with E-state index in [0.29, 0.717) is 58.8 Å². The second-order valence-electron chi connectivity index (χ2n) is 14.7. The number of ether oxygens (including phenoxy) is 1. The van der Waals surface area contributed by atoms with Crippen molar-refractivity contribution in [3.63, 3.8) is 0 Å². The summed E-state index contributed by atoms with van der Waals surface area (Å²) < 4.78 is 4.92. The third kappa shape index (κ3) is 6.55. The van der Waals surface area contributed by atoms with E-state index in [-0.39, 0.29) is 12.1 Å². The highest BCUT2D eigenvalue weighted by Gasteiger charge is 2.62. The number of aromatic nitrogens is 1. The molecule has 4 aliphatic rings. The van der Waals surface area contributed by atoms with Gasteiger partial charge in [0.05, 0.1) is 18.9 Å². The van der Waals surface area contributed by atoms with Crippen molar-refractivity contribution in [1.82, 2.24) is 15.6 Å². The number of carbonyl (C=O) groups excluding carboxylic acids is 1. The van der Waals surface area contributed by atoms with Crippen LogP contribution in [-0.4, -0.2) is 48.4 Å². The maximum atomic E-state index is 11.8. The van der Waals surface area contributed by atoms with Crippen LogP contribution in [0.4, 0.5) is 0 Å². The van der Waals surface area contributed by atoms with Gasteiger partial charge in [-0.25, -0.2) is 0 Å². The number of aliphatic hydroxyl groups is 1. The molecule has 6 heteroatoms. The summed E-state index contributed by atoms with van der Waals surface area (Å²) in [6.45, 7) is 10.5. The minimum Gasteiger partial charge on any atom is -0.469 e. The lowest BCUT2D eigenvalue weighted by Gasteiger charge is -2.62. The lowest BCUT2D eigenvalue weighted by Crippen LogP contribution is -2.59. The molecule has 41 heavy (non-hydrogen) atoms. The van der Waals surface area contributed by atoms with Crippen LogP contribution in [0, 0.1) is 46.3 Å². The topological polar surface area (TPSA) is 83.5 Å². The monoisotopic (exact) mass is 567 g/mol. The minimum absolute atomic E-state index is 0.0827. The first-order chi connectivity index (χ1) is 19.8. The Morgan fingerprint density at radius 2 is 1.85 bits per heavy atom. The Labute approximate surface area is 249 Å². The van der Waals surface area contributed by atoms with Crippen molar-refractivity contribution in [2.45, 2.75) is 117 Å². The zero-order valence-corrected chi connectivity index (χ0v) is 26.2. The Morgan fingerprint density at radius 1 is 1.07 bits per heavy atom. The molecule has 0 radical (unpaired) electrons. The first kappa shape index (κ1) is 30.9. The molecule has 0 spiro atoms. The first-order valence-corrected chi connectivity index (χ1v) is 16.8. The van der Waals surface area contributed by atoms with Gasteiger partial charge in [0, 0.05) is 25.2 Å². The molecule has 4 unspecified atom stereocenters. The summed E-state index contributed by atoms with van der Waals surface area (Å²) in [6, 6.07) is 6.67. The van der Waals surface area contributed by atoms with E-state index in [4.69, 9.17) is 4.74 Å². The summed E-state index contributed by atoms with van der Waals surface area (Å²) >= 11 is 0. The maximum Gasteiger partial charge on any atom is 0.305 e. The first-order valence-electron chi connectivity index (χ1n) is 16.8. The minimum atomic E-state index is -0.157. The Morgan fingerprint density at radius 3 is 2.63 bits per heavy atom. The molecule has 10 atom stereocenters. The van der Waals surface area contributed by atoms with Gasteiger partial charge in [0.25, 0.3) is 0 Å². The van der Waals surface area contributed by atoms with E-state index in [1.807, 2.05) is 18.3 Å². The van der Waals surface area contributed by atoms with Crippen LogP contribution in [-0.2, 0) is 16.1 Å². The number of hydrogen-bond acceptors (Lipinski definition) is 6. The third-order valence-corrected chi connectivity index (χ3v) is 12.7. The smallest absolute Gasteiger partial charge is 0.305 e. The molecule has 4 saturated carbocycles. The van der Waals surface area contributed by atoms with E-state index in [1.54, 1.807) is 0 Å². The highest BCUT2D eigenvalue weighted by Crippen LogP contribution is 2.68. The molecule has 0 amide bonds. The zero-order valence-electron chi connectivity index (χ0n) is 26.2. The standard InChI is InChI=1S/C35H57N3O3/c1-24(10-13-32(40)41-4)28-11-12-29-33-30(15-17-35(28,29)3)34(2)16-14-26(21-25(34)22-31(33)39)37-20-8-7-18-36-23-27-9-5-6-19-38-27/h5-6,9,19,24-26,28-31,33,36-37,39H,7-8,10-18,20-23H2,1-4H3/t24?,25-,26-,28+,29?,30?,31+,33?,34-,35+/m0/s1. The van der Waals surface area contributed by atoms with Crippen LogP contribution in [0.2, 0.25) is 0 Å². The van der Waals surface area contributed by atoms with E-state index < -0.39 is 0 Å². The van der Waals surface area contributed by atoms with E-state index in [1.165, 1.54) is 64.9 Å². The fourth-order valence-electron chi connectivity index (χ4n) is 10.4. The number of pyridine rings is 1. The second-order valence-corrected chi connectivity index (χ2v) is 14.7. The average Bonchev–Trinajstić information content (AvgIpc) is 3.33. The van der Waals surface area contributed by atoms with Crippen molar-refractivity contribution in [3.05, 3.63) is 30.1 Å². The lowest BCUT2D eigenvalue weighted by molar-refractivity contribution is -0.167. The Hall–Kier alpha value is -1.50. The van der Waals surface area contributed by atoms with Gasteiger partial charge < -0.3 is 20.5 Å². The fraction of sp³-hybridized carbons (Fsp3) is 0.829. The van der Waals surface area contributed by atoms with Gasteiger partial charge >= 0.3 is 5.97 Å². The molecular formula is C35H57N3O3. The number of fused-ring (bicyclic) bond motifs is 5. The second kappa shape index (κ2) is 13.4.